The normalized spacial score (nSPS) is 20.4. The van der Waals surface area contributed by atoms with Crippen LogP contribution in [0.2, 0.25) is 0 Å². The van der Waals surface area contributed by atoms with Gasteiger partial charge in [0.05, 0.1) is 0 Å². The van der Waals surface area contributed by atoms with Gasteiger partial charge in [0, 0.05) is 13.0 Å². The van der Waals surface area contributed by atoms with Crippen LogP contribution in [-0.2, 0) is 6.42 Å². The van der Waals surface area contributed by atoms with Crippen molar-refractivity contribution in [2.75, 3.05) is 6.54 Å². The molecule has 0 aromatic heterocycles. The first-order valence-electron chi connectivity index (χ1n) is 6.15. The van der Waals surface area contributed by atoms with Crippen LogP contribution < -0.4 is 10.5 Å². The molecule has 0 amide bonds. The summed E-state index contributed by atoms with van der Waals surface area (Å²) in [6.45, 7) is 7.29. The van der Waals surface area contributed by atoms with E-state index in [1.54, 1.807) is 0 Å². The summed E-state index contributed by atoms with van der Waals surface area (Å²) in [5.74, 6) is 1.65. The molecule has 0 spiro atoms. The molecule has 0 saturated heterocycles. The van der Waals surface area contributed by atoms with Crippen LogP contribution in [0.1, 0.15) is 42.9 Å². The second kappa shape index (κ2) is 4.46. The van der Waals surface area contributed by atoms with E-state index in [1.165, 1.54) is 23.1 Å². The minimum atomic E-state index is 0.182. The molecule has 2 nitrogen and oxygen atoms in total. The Kier molecular flexibility index (Phi) is 3.20. The van der Waals surface area contributed by atoms with E-state index in [4.69, 9.17) is 10.5 Å². The van der Waals surface area contributed by atoms with Gasteiger partial charge in [-0.05, 0) is 42.0 Å². The van der Waals surface area contributed by atoms with E-state index in [9.17, 15) is 0 Å². The van der Waals surface area contributed by atoms with Gasteiger partial charge in [0.15, 0.2) is 0 Å². The van der Waals surface area contributed by atoms with Crippen molar-refractivity contribution in [3.63, 3.8) is 0 Å². The molecule has 2 atom stereocenters. The van der Waals surface area contributed by atoms with Gasteiger partial charge in [-0.2, -0.15) is 0 Å². The molecule has 1 heterocycles. The van der Waals surface area contributed by atoms with Gasteiger partial charge < -0.3 is 10.5 Å². The maximum Gasteiger partial charge on any atom is 0.123 e. The molecule has 0 saturated carbocycles. The van der Waals surface area contributed by atoms with Gasteiger partial charge in [-0.25, -0.2) is 0 Å². The third kappa shape index (κ3) is 1.94. The Morgan fingerprint density at radius 1 is 1.50 bits per heavy atom. The van der Waals surface area contributed by atoms with Crippen LogP contribution in [0.3, 0.4) is 0 Å². The van der Waals surface area contributed by atoms with Crippen molar-refractivity contribution in [3.8, 4) is 5.75 Å². The summed E-state index contributed by atoms with van der Waals surface area (Å²) in [5.41, 5.74) is 9.77. The van der Waals surface area contributed by atoms with Gasteiger partial charge in [-0.1, -0.05) is 19.9 Å². The third-order valence-corrected chi connectivity index (χ3v) is 3.60. The van der Waals surface area contributed by atoms with Gasteiger partial charge in [0.1, 0.15) is 11.9 Å². The third-order valence-electron chi connectivity index (χ3n) is 3.60. The lowest BCUT2D eigenvalue weighted by atomic mass is 9.92. The number of hydrogen-bond acceptors (Lipinski definition) is 2. The molecule has 2 rings (SSSR count). The maximum absolute atomic E-state index is 5.82. The first kappa shape index (κ1) is 11.5. The molecular formula is C14H21NO. The zero-order valence-electron chi connectivity index (χ0n) is 10.4. The zero-order valence-corrected chi connectivity index (χ0v) is 10.4. The van der Waals surface area contributed by atoms with Crippen LogP contribution in [0.4, 0.5) is 0 Å². The van der Waals surface area contributed by atoms with Crippen LogP contribution >= 0.6 is 0 Å². The van der Waals surface area contributed by atoms with E-state index in [-0.39, 0.29) is 6.10 Å². The summed E-state index contributed by atoms with van der Waals surface area (Å²) in [4.78, 5) is 0. The summed E-state index contributed by atoms with van der Waals surface area (Å²) in [5, 5.41) is 0. The summed E-state index contributed by atoms with van der Waals surface area (Å²) in [6, 6.07) is 4.49. The zero-order chi connectivity index (χ0) is 11.7. The smallest absolute Gasteiger partial charge is 0.123 e. The van der Waals surface area contributed by atoms with Gasteiger partial charge in [0.2, 0.25) is 0 Å². The highest BCUT2D eigenvalue weighted by Gasteiger charge is 2.23. The Balaban J connectivity index is 2.33. The molecule has 88 valence electrons. The van der Waals surface area contributed by atoms with E-state index < -0.39 is 0 Å². The van der Waals surface area contributed by atoms with Crippen molar-refractivity contribution in [1.29, 1.82) is 0 Å². The topological polar surface area (TPSA) is 35.2 Å². The Bertz CT molecular complexity index is 387. The van der Waals surface area contributed by atoms with Crippen molar-refractivity contribution in [2.24, 2.45) is 5.73 Å². The lowest BCUT2D eigenvalue weighted by Crippen LogP contribution is -2.24. The molecule has 1 aliphatic heterocycles. The quantitative estimate of drug-likeness (QED) is 0.848. The van der Waals surface area contributed by atoms with Crippen LogP contribution in [-0.4, -0.2) is 12.6 Å². The number of hydrogen-bond donors (Lipinski definition) is 1. The van der Waals surface area contributed by atoms with Crippen molar-refractivity contribution >= 4 is 0 Å². The minimum absolute atomic E-state index is 0.182. The second-order valence-corrected chi connectivity index (χ2v) is 4.81. The molecule has 0 radical (unpaired) electrons. The number of aryl methyl sites for hydroxylation is 1. The van der Waals surface area contributed by atoms with E-state index in [0.29, 0.717) is 12.5 Å². The average molecular weight is 219 g/mol. The number of rotatable bonds is 3. The standard InChI is InChI=1S/C14H21NO/c1-4-9(2)13-7-14-11(5-10(13)3)6-12(8-15)16-14/h5,7,9,12H,4,6,8,15H2,1-3H3. The molecule has 1 aromatic rings. The van der Waals surface area contributed by atoms with Gasteiger partial charge in [-0.3, -0.25) is 0 Å². The largest absolute Gasteiger partial charge is 0.488 e. The number of fused-ring (bicyclic) bond motifs is 1. The summed E-state index contributed by atoms with van der Waals surface area (Å²) >= 11 is 0. The number of ether oxygens (including phenoxy) is 1. The highest BCUT2D eigenvalue weighted by molar-refractivity contribution is 5.46. The molecule has 0 aliphatic carbocycles. The molecule has 0 fully saturated rings. The van der Waals surface area contributed by atoms with Crippen molar-refractivity contribution in [2.45, 2.75) is 45.6 Å². The van der Waals surface area contributed by atoms with E-state index >= 15 is 0 Å². The molecular weight excluding hydrogens is 198 g/mol. The van der Waals surface area contributed by atoms with Crippen LogP contribution in [0.15, 0.2) is 12.1 Å². The Hall–Kier alpha value is -1.02. The first-order valence-corrected chi connectivity index (χ1v) is 6.15. The fourth-order valence-corrected chi connectivity index (χ4v) is 2.38. The summed E-state index contributed by atoms with van der Waals surface area (Å²) in [7, 11) is 0. The highest BCUT2D eigenvalue weighted by Crippen LogP contribution is 2.34. The van der Waals surface area contributed by atoms with E-state index in [2.05, 4.69) is 32.9 Å². The Morgan fingerprint density at radius 3 is 2.88 bits per heavy atom. The number of benzene rings is 1. The van der Waals surface area contributed by atoms with Gasteiger partial charge in [0.25, 0.3) is 0 Å². The first-order chi connectivity index (χ1) is 7.65. The van der Waals surface area contributed by atoms with Crippen LogP contribution in [0.5, 0.6) is 5.75 Å². The van der Waals surface area contributed by atoms with Gasteiger partial charge in [-0.15, -0.1) is 0 Å². The molecule has 1 aromatic carbocycles. The number of nitrogens with two attached hydrogens (primary N) is 1. The lowest BCUT2D eigenvalue weighted by Gasteiger charge is -2.14. The minimum Gasteiger partial charge on any atom is -0.488 e. The molecule has 2 unspecified atom stereocenters. The lowest BCUT2D eigenvalue weighted by molar-refractivity contribution is 0.241. The Labute approximate surface area is 97.8 Å². The van der Waals surface area contributed by atoms with Crippen LogP contribution in [0, 0.1) is 6.92 Å². The predicted octanol–water partition coefficient (Wildman–Crippen LogP) is 2.77. The van der Waals surface area contributed by atoms with Crippen molar-refractivity contribution < 1.29 is 4.74 Å². The van der Waals surface area contributed by atoms with Crippen molar-refractivity contribution in [1.82, 2.24) is 0 Å². The fraction of sp³-hybridized carbons (Fsp3) is 0.571. The monoisotopic (exact) mass is 219 g/mol. The highest BCUT2D eigenvalue weighted by atomic mass is 16.5. The Morgan fingerprint density at radius 2 is 2.25 bits per heavy atom. The van der Waals surface area contributed by atoms with Gasteiger partial charge >= 0.3 is 0 Å². The predicted molar refractivity (Wildman–Crippen MR) is 67.1 cm³/mol. The fourth-order valence-electron chi connectivity index (χ4n) is 2.38. The van der Waals surface area contributed by atoms with E-state index in [0.717, 1.165) is 12.2 Å². The molecule has 1 aliphatic rings. The maximum atomic E-state index is 5.82. The summed E-state index contributed by atoms with van der Waals surface area (Å²) in [6.07, 6.45) is 2.31. The molecule has 16 heavy (non-hydrogen) atoms. The molecule has 2 N–H and O–H groups in total. The van der Waals surface area contributed by atoms with Crippen molar-refractivity contribution in [3.05, 3.63) is 28.8 Å². The second-order valence-electron chi connectivity index (χ2n) is 4.81. The van der Waals surface area contributed by atoms with E-state index in [1.807, 2.05) is 0 Å². The SMILES string of the molecule is CCC(C)c1cc2c(cc1C)CC(CN)O2. The summed E-state index contributed by atoms with van der Waals surface area (Å²) < 4.78 is 5.82. The molecule has 2 heteroatoms. The van der Waals surface area contributed by atoms with Crippen LogP contribution in [0.25, 0.3) is 0 Å². The molecule has 0 bridgehead atoms. The average Bonchev–Trinajstić information content (AvgIpc) is 2.68.